The van der Waals surface area contributed by atoms with E-state index in [0.29, 0.717) is 6.42 Å². The van der Waals surface area contributed by atoms with Crippen molar-refractivity contribution in [1.29, 1.82) is 0 Å². The molecule has 1 aliphatic heterocycles. The second-order valence-electron chi connectivity index (χ2n) is 5.60. The van der Waals surface area contributed by atoms with E-state index in [1.54, 1.807) is 0 Å². The smallest absolute Gasteiger partial charge is 0.352 e. The van der Waals surface area contributed by atoms with Gasteiger partial charge in [0.05, 0.1) is 11.7 Å². The number of hydrogen-bond donors (Lipinski definition) is 1. The van der Waals surface area contributed by atoms with Crippen molar-refractivity contribution in [3.63, 3.8) is 0 Å². The van der Waals surface area contributed by atoms with Crippen LogP contribution in [0.25, 0.3) is 0 Å². The van der Waals surface area contributed by atoms with Crippen LogP contribution in [0.1, 0.15) is 29.2 Å². The number of nitrogens with zero attached hydrogens (tertiary/aromatic N) is 2. The Bertz CT molecular complexity index is 738. The average Bonchev–Trinajstić information content (AvgIpc) is 2.96. The third-order valence-electron chi connectivity index (χ3n) is 4.10. The van der Waals surface area contributed by atoms with Gasteiger partial charge in [0.2, 0.25) is 0 Å². The van der Waals surface area contributed by atoms with Crippen molar-refractivity contribution < 1.29 is 9.90 Å². The van der Waals surface area contributed by atoms with Crippen molar-refractivity contribution in [2.45, 2.75) is 26.3 Å². The molecule has 4 nitrogen and oxygen atoms in total. The van der Waals surface area contributed by atoms with Gasteiger partial charge in [-0.15, -0.1) is 0 Å². The number of carbonyl (C=O) groups is 1. The summed E-state index contributed by atoms with van der Waals surface area (Å²) in [6.07, 6.45) is 0.409. The number of carboxylic acid groups (broad SMARTS) is 1. The number of carboxylic acids is 1. The van der Waals surface area contributed by atoms with Crippen molar-refractivity contribution in [3.8, 4) is 0 Å². The molecule has 1 atom stereocenters. The van der Waals surface area contributed by atoms with Crippen LogP contribution in [0, 0.1) is 13.8 Å². The Morgan fingerprint density at radius 3 is 2.50 bits per heavy atom. The van der Waals surface area contributed by atoms with Crippen LogP contribution in [0.4, 0.5) is 5.69 Å². The number of hydrogen-bond acceptors (Lipinski definition) is 3. The van der Waals surface area contributed by atoms with Crippen LogP contribution in [0.15, 0.2) is 53.6 Å². The number of aliphatic carboxylic acids is 1. The fraction of sp³-hybridized carbons (Fsp3) is 0.222. The Kier molecular flexibility index (Phi) is 3.67. The van der Waals surface area contributed by atoms with Gasteiger partial charge in [0, 0.05) is 6.42 Å². The van der Waals surface area contributed by atoms with E-state index in [1.165, 1.54) is 11.1 Å². The monoisotopic (exact) mass is 294 g/mol. The quantitative estimate of drug-likeness (QED) is 0.939. The van der Waals surface area contributed by atoms with Gasteiger partial charge in [-0.3, -0.25) is 5.01 Å². The maximum atomic E-state index is 11.3. The molecule has 0 aliphatic carbocycles. The van der Waals surface area contributed by atoms with Crippen molar-refractivity contribution in [1.82, 2.24) is 0 Å². The van der Waals surface area contributed by atoms with Gasteiger partial charge in [0.1, 0.15) is 5.71 Å². The molecule has 1 N–H and O–H groups in total. The van der Waals surface area contributed by atoms with Gasteiger partial charge in [-0.2, -0.15) is 5.10 Å². The molecular weight excluding hydrogens is 276 g/mol. The van der Waals surface area contributed by atoms with Crippen molar-refractivity contribution in [2.75, 3.05) is 5.01 Å². The Morgan fingerprint density at radius 1 is 1.14 bits per heavy atom. The first-order chi connectivity index (χ1) is 10.6. The average molecular weight is 294 g/mol. The zero-order valence-electron chi connectivity index (χ0n) is 12.7. The summed E-state index contributed by atoms with van der Waals surface area (Å²) in [7, 11) is 0. The SMILES string of the molecule is Cc1ccc(N2N=C(C(=O)O)C[C@@H]2c2ccccc2)cc1C. The maximum absolute atomic E-state index is 11.3. The first-order valence-corrected chi connectivity index (χ1v) is 7.28. The molecule has 0 fully saturated rings. The van der Waals surface area contributed by atoms with E-state index < -0.39 is 5.97 Å². The molecule has 112 valence electrons. The molecule has 2 aromatic carbocycles. The van der Waals surface area contributed by atoms with Crippen LogP contribution < -0.4 is 5.01 Å². The number of aryl methyl sites for hydroxylation is 2. The molecular formula is C18H18N2O2. The number of benzene rings is 2. The van der Waals surface area contributed by atoms with Crippen LogP contribution in [0.5, 0.6) is 0 Å². The normalized spacial score (nSPS) is 17.5. The van der Waals surface area contributed by atoms with Gasteiger partial charge in [-0.1, -0.05) is 36.4 Å². The third kappa shape index (κ3) is 2.60. The highest BCUT2D eigenvalue weighted by molar-refractivity contribution is 6.36. The first-order valence-electron chi connectivity index (χ1n) is 7.28. The van der Waals surface area contributed by atoms with Crippen LogP contribution >= 0.6 is 0 Å². The van der Waals surface area contributed by atoms with Gasteiger partial charge >= 0.3 is 5.97 Å². The fourth-order valence-electron chi connectivity index (χ4n) is 2.68. The lowest BCUT2D eigenvalue weighted by Crippen LogP contribution is -2.18. The van der Waals surface area contributed by atoms with Gasteiger partial charge in [-0.05, 0) is 42.7 Å². The highest BCUT2D eigenvalue weighted by Crippen LogP contribution is 2.35. The van der Waals surface area contributed by atoms with Crippen LogP contribution in [0.3, 0.4) is 0 Å². The van der Waals surface area contributed by atoms with Crippen molar-refractivity contribution in [3.05, 3.63) is 65.2 Å². The zero-order chi connectivity index (χ0) is 15.7. The molecule has 0 amide bonds. The van der Waals surface area contributed by atoms with Gasteiger partial charge < -0.3 is 5.11 Å². The van der Waals surface area contributed by atoms with E-state index in [4.69, 9.17) is 0 Å². The predicted molar refractivity (Wildman–Crippen MR) is 87.3 cm³/mol. The number of rotatable bonds is 3. The molecule has 4 heteroatoms. The lowest BCUT2D eigenvalue weighted by molar-refractivity contribution is -0.129. The van der Waals surface area contributed by atoms with Crippen LogP contribution in [-0.2, 0) is 4.79 Å². The summed E-state index contributed by atoms with van der Waals surface area (Å²) in [6.45, 7) is 4.11. The Balaban J connectivity index is 2.03. The highest BCUT2D eigenvalue weighted by Gasteiger charge is 2.32. The Morgan fingerprint density at radius 2 is 1.86 bits per heavy atom. The maximum Gasteiger partial charge on any atom is 0.352 e. The largest absolute Gasteiger partial charge is 0.477 e. The molecule has 0 unspecified atom stereocenters. The second kappa shape index (κ2) is 5.64. The Hall–Kier alpha value is -2.62. The number of anilines is 1. The summed E-state index contributed by atoms with van der Waals surface area (Å²) in [5, 5.41) is 15.4. The van der Waals surface area contributed by atoms with Crippen LogP contribution in [-0.4, -0.2) is 16.8 Å². The zero-order valence-corrected chi connectivity index (χ0v) is 12.7. The molecule has 1 heterocycles. The topological polar surface area (TPSA) is 52.9 Å². The lowest BCUT2D eigenvalue weighted by atomic mass is 10.0. The van der Waals surface area contributed by atoms with E-state index in [0.717, 1.165) is 11.3 Å². The molecule has 1 aliphatic rings. The molecule has 3 rings (SSSR count). The second-order valence-corrected chi connectivity index (χ2v) is 5.60. The molecule has 2 aromatic rings. The van der Waals surface area contributed by atoms with Gasteiger partial charge in [0.25, 0.3) is 0 Å². The van der Waals surface area contributed by atoms with E-state index >= 15 is 0 Å². The lowest BCUT2D eigenvalue weighted by Gasteiger charge is -2.24. The minimum atomic E-state index is -0.952. The molecule has 0 spiro atoms. The van der Waals surface area contributed by atoms with Crippen molar-refractivity contribution >= 4 is 17.4 Å². The molecule has 0 aromatic heterocycles. The molecule has 0 radical (unpaired) electrons. The minimum Gasteiger partial charge on any atom is -0.477 e. The van der Waals surface area contributed by atoms with Crippen LogP contribution in [0.2, 0.25) is 0 Å². The first kappa shape index (κ1) is 14.3. The van der Waals surface area contributed by atoms with Crippen molar-refractivity contribution in [2.24, 2.45) is 5.10 Å². The van der Waals surface area contributed by atoms with Gasteiger partial charge in [-0.25, -0.2) is 4.79 Å². The number of hydrazone groups is 1. The minimum absolute atomic E-state index is 0.0746. The highest BCUT2D eigenvalue weighted by atomic mass is 16.4. The van der Waals surface area contributed by atoms with E-state index in [-0.39, 0.29) is 11.8 Å². The summed E-state index contributed by atoms with van der Waals surface area (Å²) in [4.78, 5) is 11.3. The molecule has 0 saturated carbocycles. The molecule has 0 bridgehead atoms. The van der Waals surface area contributed by atoms with E-state index in [9.17, 15) is 9.90 Å². The molecule has 0 saturated heterocycles. The molecule has 22 heavy (non-hydrogen) atoms. The predicted octanol–water partition coefficient (Wildman–Crippen LogP) is 3.70. The summed E-state index contributed by atoms with van der Waals surface area (Å²) in [6, 6.07) is 15.9. The third-order valence-corrected chi connectivity index (χ3v) is 4.10. The standard InChI is InChI=1S/C18H18N2O2/c1-12-8-9-15(10-13(12)2)20-17(11-16(19-20)18(21)22)14-6-4-3-5-7-14/h3-10,17H,11H2,1-2H3,(H,21,22)/t17-/m1/s1. The van der Waals surface area contributed by atoms with E-state index in [1.807, 2.05) is 54.4 Å². The summed E-state index contributed by atoms with van der Waals surface area (Å²) < 4.78 is 0. The van der Waals surface area contributed by atoms with Gasteiger partial charge in [0.15, 0.2) is 0 Å². The summed E-state index contributed by atoms with van der Waals surface area (Å²) in [5.41, 5.74) is 4.57. The summed E-state index contributed by atoms with van der Waals surface area (Å²) >= 11 is 0. The van der Waals surface area contributed by atoms with E-state index in [2.05, 4.69) is 18.1 Å². The summed E-state index contributed by atoms with van der Waals surface area (Å²) in [5.74, 6) is -0.952. The fourth-order valence-corrected chi connectivity index (χ4v) is 2.68. The Labute approximate surface area is 129 Å².